The lowest BCUT2D eigenvalue weighted by molar-refractivity contribution is -0.124. The van der Waals surface area contributed by atoms with E-state index < -0.39 is 10.0 Å². The van der Waals surface area contributed by atoms with Crippen molar-refractivity contribution in [2.75, 3.05) is 25.4 Å². The number of rotatable bonds is 5. The van der Waals surface area contributed by atoms with Gasteiger partial charge in [-0.1, -0.05) is 26.7 Å². The van der Waals surface area contributed by atoms with Gasteiger partial charge in [-0.05, 0) is 43.6 Å². The van der Waals surface area contributed by atoms with Gasteiger partial charge in [-0.2, -0.15) is 0 Å². The molecule has 2 rings (SSSR count). The molecule has 1 heterocycles. The number of primary sulfonamides is 1. The average molecular weight is 346 g/mol. The van der Waals surface area contributed by atoms with E-state index in [1.807, 2.05) is 0 Å². The third-order valence-corrected chi connectivity index (χ3v) is 6.43. The first-order valence-electron chi connectivity index (χ1n) is 8.77. The lowest BCUT2D eigenvalue weighted by Crippen LogP contribution is -2.49. The Bertz CT molecular complexity index is 509. The molecule has 1 aliphatic heterocycles. The van der Waals surface area contributed by atoms with Gasteiger partial charge in [-0.15, -0.1) is 0 Å². The number of carbonyl (C=O) groups excluding carboxylic acids is 1. The van der Waals surface area contributed by atoms with Gasteiger partial charge in [-0.3, -0.25) is 9.69 Å². The zero-order chi connectivity index (χ0) is 17.0. The van der Waals surface area contributed by atoms with Gasteiger partial charge in [-0.25, -0.2) is 13.6 Å². The maximum atomic E-state index is 12.3. The van der Waals surface area contributed by atoms with Crippen LogP contribution in [-0.4, -0.2) is 50.7 Å². The molecule has 0 unspecified atom stereocenters. The van der Waals surface area contributed by atoms with E-state index in [-0.39, 0.29) is 23.6 Å². The molecule has 4 atom stereocenters. The van der Waals surface area contributed by atoms with E-state index in [0.717, 1.165) is 25.8 Å². The van der Waals surface area contributed by atoms with E-state index in [9.17, 15) is 13.2 Å². The lowest BCUT2D eigenvalue weighted by atomic mass is 9.78. The van der Waals surface area contributed by atoms with Crippen LogP contribution in [0.25, 0.3) is 0 Å². The van der Waals surface area contributed by atoms with E-state index in [4.69, 9.17) is 5.14 Å². The van der Waals surface area contributed by atoms with Gasteiger partial charge < -0.3 is 5.32 Å². The Morgan fingerprint density at radius 2 is 1.96 bits per heavy atom. The maximum Gasteiger partial charge on any atom is 0.234 e. The smallest absolute Gasteiger partial charge is 0.234 e. The van der Waals surface area contributed by atoms with Gasteiger partial charge in [0.1, 0.15) is 0 Å². The quantitative estimate of drug-likeness (QED) is 0.775. The molecule has 3 N–H and O–H groups in total. The summed E-state index contributed by atoms with van der Waals surface area (Å²) in [5.41, 5.74) is 0. The summed E-state index contributed by atoms with van der Waals surface area (Å²) in [6.07, 6.45) is 5.27. The Hall–Kier alpha value is -0.660. The minimum Gasteiger partial charge on any atom is -0.352 e. The van der Waals surface area contributed by atoms with E-state index in [0.29, 0.717) is 24.9 Å². The van der Waals surface area contributed by atoms with Gasteiger partial charge in [0, 0.05) is 12.6 Å². The first kappa shape index (κ1) is 18.7. The first-order valence-corrected chi connectivity index (χ1v) is 10.5. The number of sulfonamides is 1. The molecule has 23 heavy (non-hydrogen) atoms. The molecule has 1 saturated carbocycles. The molecule has 0 spiro atoms. The maximum absolute atomic E-state index is 12.3. The minimum atomic E-state index is -3.44. The summed E-state index contributed by atoms with van der Waals surface area (Å²) in [7, 11) is -3.44. The van der Waals surface area contributed by atoms with Crippen molar-refractivity contribution in [1.29, 1.82) is 0 Å². The minimum absolute atomic E-state index is 0.0162. The zero-order valence-electron chi connectivity index (χ0n) is 14.3. The van der Waals surface area contributed by atoms with Gasteiger partial charge in [0.2, 0.25) is 15.9 Å². The van der Waals surface area contributed by atoms with Crippen molar-refractivity contribution in [3.05, 3.63) is 0 Å². The fraction of sp³-hybridized carbons (Fsp3) is 0.938. The standard InChI is InChI=1S/C16H31N3O3S/c1-12-5-3-7-15(13(12)2)18-16(20)10-19-8-4-6-14(9-19)11-23(17,21)22/h12-15H,3-11H2,1-2H3,(H,18,20)(H2,17,21,22)/t12-,13+,14-,15+/m1/s1. The molecule has 134 valence electrons. The molecule has 0 bridgehead atoms. The van der Waals surface area contributed by atoms with Crippen LogP contribution in [0.3, 0.4) is 0 Å². The summed E-state index contributed by atoms with van der Waals surface area (Å²) in [6, 6.07) is 0.274. The van der Waals surface area contributed by atoms with Crippen LogP contribution in [0.1, 0.15) is 46.0 Å². The van der Waals surface area contributed by atoms with Crippen LogP contribution >= 0.6 is 0 Å². The number of nitrogens with two attached hydrogens (primary N) is 1. The zero-order valence-corrected chi connectivity index (χ0v) is 15.1. The highest BCUT2D eigenvalue weighted by Crippen LogP contribution is 2.29. The number of carbonyl (C=O) groups is 1. The van der Waals surface area contributed by atoms with Gasteiger partial charge in [0.25, 0.3) is 0 Å². The third kappa shape index (κ3) is 6.04. The van der Waals surface area contributed by atoms with Crippen molar-refractivity contribution in [3.63, 3.8) is 0 Å². The highest BCUT2D eigenvalue weighted by atomic mass is 32.2. The molecule has 1 amide bonds. The molecule has 0 radical (unpaired) electrons. The normalized spacial score (nSPS) is 33.3. The summed E-state index contributed by atoms with van der Waals surface area (Å²) in [5.74, 6) is 1.29. The van der Waals surface area contributed by atoms with Crippen LogP contribution < -0.4 is 10.5 Å². The van der Waals surface area contributed by atoms with Crippen molar-refractivity contribution in [1.82, 2.24) is 10.2 Å². The Labute approximate surface area is 140 Å². The largest absolute Gasteiger partial charge is 0.352 e. The fourth-order valence-electron chi connectivity index (χ4n) is 4.00. The number of piperidine rings is 1. The molecular weight excluding hydrogens is 314 g/mol. The Kier molecular flexibility index (Phi) is 6.45. The number of likely N-dealkylation sites (tertiary alicyclic amines) is 1. The topological polar surface area (TPSA) is 92.5 Å². The molecular formula is C16H31N3O3S. The predicted molar refractivity (Wildman–Crippen MR) is 91.2 cm³/mol. The van der Waals surface area contributed by atoms with Crippen molar-refractivity contribution in [3.8, 4) is 0 Å². The fourth-order valence-corrected chi connectivity index (χ4v) is 4.93. The number of hydrogen-bond acceptors (Lipinski definition) is 4. The number of hydrogen-bond donors (Lipinski definition) is 2. The lowest BCUT2D eigenvalue weighted by Gasteiger charge is -2.36. The summed E-state index contributed by atoms with van der Waals surface area (Å²) in [4.78, 5) is 14.4. The van der Waals surface area contributed by atoms with Gasteiger partial charge in [0.15, 0.2) is 0 Å². The number of nitrogens with zero attached hydrogens (tertiary/aromatic N) is 1. The van der Waals surface area contributed by atoms with Gasteiger partial charge in [0.05, 0.1) is 12.3 Å². The average Bonchev–Trinajstić information content (AvgIpc) is 2.42. The van der Waals surface area contributed by atoms with E-state index in [2.05, 4.69) is 24.1 Å². The molecule has 6 nitrogen and oxygen atoms in total. The van der Waals surface area contributed by atoms with Crippen LogP contribution in [0.5, 0.6) is 0 Å². The summed E-state index contributed by atoms with van der Waals surface area (Å²) >= 11 is 0. The molecule has 1 saturated heterocycles. The summed E-state index contributed by atoms with van der Waals surface area (Å²) in [5, 5.41) is 8.33. The van der Waals surface area contributed by atoms with Crippen molar-refractivity contribution < 1.29 is 13.2 Å². The van der Waals surface area contributed by atoms with Crippen LogP contribution in [0, 0.1) is 17.8 Å². The van der Waals surface area contributed by atoms with Crippen LogP contribution in [-0.2, 0) is 14.8 Å². The molecule has 0 aromatic heterocycles. The monoisotopic (exact) mass is 345 g/mol. The molecule has 7 heteroatoms. The van der Waals surface area contributed by atoms with E-state index in [1.165, 1.54) is 12.8 Å². The highest BCUT2D eigenvalue weighted by molar-refractivity contribution is 7.89. The van der Waals surface area contributed by atoms with E-state index >= 15 is 0 Å². The van der Waals surface area contributed by atoms with Crippen LogP contribution in [0.2, 0.25) is 0 Å². The van der Waals surface area contributed by atoms with Crippen molar-refractivity contribution in [2.24, 2.45) is 22.9 Å². The van der Waals surface area contributed by atoms with Crippen LogP contribution in [0.4, 0.5) is 0 Å². The number of amides is 1. The first-order chi connectivity index (χ1) is 10.7. The Morgan fingerprint density at radius 3 is 2.65 bits per heavy atom. The van der Waals surface area contributed by atoms with Gasteiger partial charge >= 0.3 is 0 Å². The predicted octanol–water partition coefficient (Wildman–Crippen LogP) is 0.928. The Balaban J connectivity index is 1.80. The summed E-state index contributed by atoms with van der Waals surface area (Å²) in [6.45, 7) is 6.33. The molecule has 1 aliphatic carbocycles. The molecule has 2 aliphatic rings. The molecule has 0 aromatic carbocycles. The Morgan fingerprint density at radius 1 is 1.22 bits per heavy atom. The van der Waals surface area contributed by atoms with Crippen molar-refractivity contribution in [2.45, 2.75) is 52.0 Å². The second kappa shape index (κ2) is 7.94. The summed E-state index contributed by atoms with van der Waals surface area (Å²) < 4.78 is 22.5. The highest BCUT2D eigenvalue weighted by Gasteiger charge is 2.29. The number of nitrogens with one attached hydrogen (secondary N) is 1. The molecule has 0 aromatic rings. The SMILES string of the molecule is C[C@H]1[C@H](C)CCC[C@@H]1NC(=O)CN1CCC[C@@H](CS(N)(=O)=O)C1. The van der Waals surface area contributed by atoms with Crippen LogP contribution in [0.15, 0.2) is 0 Å². The second-order valence-corrected chi connectivity index (χ2v) is 9.17. The second-order valence-electron chi connectivity index (χ2n) is 7.51. The van der Waals surface area contributed by atoms with Crippen molar-refractivity contribution >= 4 is 15.9 Å². The molecule has 2 fully saturated rings. The third-order valence-electron chi connectivity index (χ3n) is 5.49. The van der Waals surface area contributed by atoms with E-state index in [1.54, 1.807) is 0 Å².